The molecule has 2 aliphatic rings. The topological polar surface area (TPSA) is 19.4 Å². The molecular formula is C20H23F2N3. The summed E-state index contributed by atoms with van der Waals surface area (Å²) >= 11 is 0. The average molecular weight is 343 g/mol. The van der Waals surface area contributed by atoms with Crippen LogP contribution >= 0.6 is 0 Å². The fourth-order valence-electron chi connectivity index (χ4n) is 3.88. The second kappa shape index (κ2) is 7.48. The fraction of sp³-hybridized carbons (Fsp3) is 0.400. The molecule has 2 bridgehead atoms. The van der Waals surface area contributed by atoms with Crippen LogP contribution in [-0.2, 0) is 0 Å². The molecule has 0 saturated carbocycles. The van der Waals surface area contributed by atoms with Crippen molar-refractivity contribution in [1.82, 2.24) is 9.88 Å². The smallest absolute Gasteiger partial charge is 0.126 e. The molecular weight excluding hydrogens is 320 g/mol. The van der Waals surface area contributed by atoms with Gasteiger partial charge >= 0.3 is 0 Å². The number of nitrogens with zero attached hydrogens (tertiary/aromatic N) is 3. The molecule has 3 heterocycles. The first-order chi connectivity index (χ1) is 11.7. The molecule has 2 fully saturated rings. The molecule has 2 radical (unpaired) electrons. The van der Waals surface area contributed by atoms with E-state index < -0.39 is 11.6 Å². The first-order valence-electron chi connectivity index (χ1n) is 8.56. The van der Waals surface area contributed by atoms with Crippen LogP contribution in [0, 0.1) is 25.0 Å². The van der Waals surface area contributed by atoms with Crippen molar-refractivity contribution in [2.24, 2.45) is 5.92 Å². The molecule has 0 N–H and O–H groups in total. The van der Waals surface area contributed by atoms with E-state index in [1.54, 1.807) is 6.20 Å². The standard InChI is InChI=1S/C19H21F2N3.CH2/c20-17-6-15(7-18(21)9-17)16-8-19(11-22-10-16)24-5-4-23-3-1-2-14(12-23)13-24;/h6-11,14H,1-5,12-13H2;1H2. The summed E-state index contributed by atoms with van der Waals surface area (Å²) in [5.74, 6) is -0.435. The van der Waals surface area contributed by atoms with E-state index in [1.165, 1.54) is 38.1 Å². The Balaban J connectivity index is 0.00000182. The van der Waals surface area contributed by atoms with Crippen LogP contribution < -0.4 is 4.90 Å². The maximum absolute atomic E-state index is 13.5. The first kappa shape index (κ1) is 17.8. The quantitative estimate of drug-likeness (QED) is 0.825. The number of hydrogen-bond acceptors (Lipinski definition) is 3. The number of benzene rings is 1. The lowest BCUT2D eigenvalue weighted by Crippen LogP contribution is -2.35. The van der Waals surface area contributed by atoms with Crippen molar-refractivity contribution in [1.29, 1.82) is 0 Å². The minimum absolute atomic E-state index is 0. The predicted octanol–water partition coefficient (Wildman–Crippen LogP) is 3.89. The Labute approximate surface area is 148 Å². The van der Waals surface area contributed by atoms with Crippen LogP contribution in [0.4, 0.5) is 14.5 Å². The van der Waals surface area contributed by atoms with Gasteiger partial charge in [-0.2, -0.15) is 0 Å². The Morgan fingerprint density at radius 3 is 2.48 bits per heavy atom. The largest absolute Gasteiger partial charge is 0.369 e. The van der Waals surface area contributed by atoms with Gasteiger partial charge in [-0.15, -0.1) is 0 Å². The van der Waals surface area contributed by atoms with Gasteiger partial charge in [-0.3, -0.25) is 4.98 Å². The molecule has 2 saturated heterocycles. The van der Waals surface area contributed by atoms with E-state index >= 15 is 0 Å². The zero-order valence-electron chi connectivity index (χ0n) is 14.3. The number of fused-ring (bicyclic) bond motifs is 2. The molecule has 2 unspecified atom stereocenters. The monoisotopic (exact) mass is 343 g/mol. The van der Waals surface area contributed by atoms with Gasteiger partial charge < -0.3 is 9.80 Å². The number of pyridine rings is 1. The SMILES string of the molecule is Fc1cc(F)cc(-c2cncc(N3CCN4CCCC(C4)C3)c2)c1.[CH2]. The highest BCUT2D eigenvalue weighted by atomic mass is 19.1. The highest BCUT2D eigenvalue weighted by Gasteiger charge is 2.26. The van der Waals surface area contributed by atoms with Crippen molar-refractivity contribution in [3.63, 3.8) is 0 Å². The summed E-state index contributed by atoms with van der Waals surface area (Å²) in [6.07, 6.45) is 6.07. The van der Waals surface area contributed by atoms with Gasteiger partial charge in [-0.05, 0) is 49.1 Å². The molecule has 2 aromatic rings. The van der Waals surface area contributed by atoms with Gasteiger partial charge in [0.15, 0.2) is 0 Å². The maximum Gasteiger partial charge on any atom is 0.126 e. The molecule has 4 rings (SSSR count). The summed E-state index contributed by atoms with van der Waals surface area (Å²) in [4.78, 5) is 9.21. The van der Waals surface area contributed by atoms with E-state index in [-0.39, 0.29) is 7.43 Å². The Kier molecular flexibility index (Phi) is 5.33. The minimum atomic E-state index is -0.563. The summed E-state index contributed by atoms with van der Waals surface area (Å²) < 4.78 is 27.0. The highest BCUT2D eigenvalue weighted by Crippen LogP contribution is 2.28. The summed E-state index contributed by atoms with van der Waals surface area (Å²) in [6.45, 7) is 5.44. The average Bonchev–Trinajstić information content (AvgIpc) is 2.72. The van der Waals surface area contributed by atoms with Crippen molar-refractivity contribution in [3.8, 4) is 11.1 Å². The molecule has 2 aliphatic heterocycles. The third-order valence-electron chi connectivity index (χ3n) is 5.05. The van der Waals surface area contributed by atoms with Crippen molar-refractivity contribution in [2.45, 2.75) is 12.8 Å². The van der Waals surface area contributed by atoms with Gasteiger partial charge in [0.25, 0.3) is 0 Å². The zero-order chi connectivity index (χ0) is 16.5. The highest BCUT2D eigenvalue weighted by molar-refractivity contribution is 5.67. The number of anilines is 1. The maximum atomic E-state index is 13.5. The van der Waals surface area contributed by atoms with E-state index in [9.17, 15) is 8.78 Å². The predicted molar refractivity (Wildman–Crippen MR) is 96.3 cm³/mol. The summed E-state index contributed by atoms with van der Waals surface area (Å²) in [7, 11) is 0. The molecule has 25 heavy (non-hydrogen) atoms. The number of rotatable bonds is 2. The lowest BCUT2D eigenvalue weighted by Gasteiger charge is -2.29. The third kappa shape index (κ3) is 3.98. The minimum Gasteiger partial charge on any atom is -0.369 e. The van der Waals surface area contributed by atoms with Gasteiger partial charge in [0.05, 0.1) is 11.9 Å². The van der Waals surface area contributed by atoms with Gasteiger partial charge in [-0.1, -0.05) is 7.43 Å². The van der Waals surface area contributed by atoms with Crippen molar-refractivity contribution in [2.75, 3.05) is 37.6 Å². The van der Waals surface area contributed by atoms with E-state index in [4.69, 9.17) is 0 Å². The number of hydrogen-bond donors (Lipinski definition) is 0. The molecule has 1 aromatic carbocycles. The lowest BCUT2D eigenvalue weighted by atomic mass is 9.98. The fourth-order valence-corrected chi connectivity index (χ4v) is 3.88. The van der Waals surface area contributed by atoms with Crippen molar-refractivity contribution in [3.05, 3.63) is 55.7 Å². The summed E-state index contributed by atoms with van der Waals surface area (Å²) in [5.41, 5.74) is 2.31. The molecule has 5 heteroatoms. The van der Waals surface area contributed by atoms with E-state index in [2.05, 4.69) is 14.8 Å². The molecule has 3 nitrogen and oxygen atoms in total. The number of halogens is 2. The molecule has 132 valence electrons. The summed E-state index contributed by atoms with van der Waals surface area (Å²) in [6, 6.07) is 5.59. The molecule has 0 aliphatic carbocycles. The number of piperidine rings is 1. The molecule has 1 aromatic heterocycles. The van der Waals surface area contributed by atoms with E-state index in [0.29, 0.717) is 11.5 Å². The second-order valence-corrected chi connectivity index (χ2v) is 6.84. The zero-order valence-corrected chi connectivity index (χ0v) is 14.3. The van der Waals surface area contributed by atoms with Gasteiger partial charge in [0.1, 0.15) is 11.6 Å². The van der Waals surface area contributed by atoms with Gasteiger partial charge in [-0.25, -0.2) is 8.78 Å². The van der Waals surface area contributed by atoms with Crippen molar-refractivity contribution >= 4 is 5.69 Å². The Hall–Kier alpha value is -2.01. The Morgan fingerprint density at radius 1 is 0.880 bits per heavy atom. The Bertz CT molecular complexity index is 714. The first-order valence-corrected chi connectivity index (χ1v) is 8.56. The summed E-state index contributed by atoms with van der Waals surface area (Å²) in [5, 5.41) is 0. The van der Waals surface area contributed by atoms with E-state index in [0.717, 1.165) is 37.0 Å². The third-order valence-corrected chi connectivity index (χ3v) is 5.05. The molecule has 0 spiro atoms. The molecule has 2 atom stereocenters. The number of aromatic nitrogens is 1. The molecule has 0 amide bonds. The van der Waals surface area contributed by atoms with Crippen LogP contribution in [-0.4, -0.2) is 42.6 Å². The lowest BCUT2D eigenvalue weighted by molar-refractivity contribution is 0.201. The van der Waals surface area contributed by atoms with Gasteiger partial charge in [0.2, 0.25) is 0 Å². The van der Waals surface area contributed by atoms with Crippen LogP contribution in [0.1, 0.15) is 12.8 Å². The normalized spacial score (nSPS) is 22.9. The van der Waals surface area contributed by atoms with Crippen LogP contribution in [0.25, 0.3) is 11.1 Å². The Morgan fingerprint density at radius 2 is 1.68 bits per heavy atom. The second-order valence-electron chi connectivity index (χ2n) is 6.84. The van der Waals surface area contributed by atoms with Crippen LogP contribution in [0.5, 0.6) is 0 Å². The van der Waals surface area contributed by atoms with Crippen LogP contribution in [0.3, 0.4) is 0 Å². The van der Waals surface area contributed by atoms with Crippen LogP contribution in [0.15, 0.2) is 36.7 Å². The van der Waals surface area contributed by atoms with Crippen LogP contribution in [0.2, 0.25) is 0 Å². The van der Waals surface area contributed by atoms with Gasteiger partial charge in [0, 0.05) is 44.0 Å². The van der Waals surface area contributed by atoms with Crippen molar-refractivity contribution < 1.29 is 8.78 Å². The van der Waals surface area contributed by atoms with E-state index in [1.807, 2.05) is 12.3 Å².